The van der Waals surface area contributed by atoms with E-state index < -0.39 is 16.0 Å². The minimum atomic E-state index is -3.31. The van der Waals surface area contributed by atoms with Crippen molar-refractivity contribution in [1.82, 2.24) is 4.72 Å². The molecule has 1 fully saturated rings. The van der Waals surface area contributed by atoms with Crippen LogP contribution in [0.4, 0.5) is 0 Å². The monoisotopic (exact) mass is 277 g/mol. The highest BCUT2D eigenvalue weighted by atomic mass is 32.2. The van der Waals surface area contributed by atoms with Gasteiger partial charge < -0.3 is 5.11 Å². The predicted molar refractivity (Wildman–Crippen MR) is 69.8 cm³/mol. The normalized spacial score (nSPS) is 24.9. The number of aliphatic carboxylic acids is 1. The average Bonchev–Trinajstić information content (AvgIpc) is 2.28. The first-order chi connectivity index (χ1) is 8.43. The number of carbonyl (C=O) groups is 1. The molecule has 106 valence electrons. The van der Waals surface area contributed by atoms with Crippen LogP contribution in [0, 0.1) is 5.92 Å². The maximum atomic E-state index is 11.7. The summed E-state index contributed by atoms with van der Waals surface area (Å²) in [6.07, 6.45) is 5.21. The van der Waals surface area contributed by atoms with Crippen molar-refractivity contribution >= 4 is 16.0 Å². The molecule has 1 aliphatic carbocycles. The Bertz CT molecular complexity index is 358. The van der Waals surface area contributed by atoms with E-state index in [0.29, 0.717) is 0 Å². The zero-order chi connectivity index (χ0) is 13.6. The first kappa shape index (κ1) is 15.4. The zero-order valence-corrected chi connectivity index (χ0v) is 11.7. The quantitative estimate of drug-likeness (QED) is 0.742. The molecule has 1 aliphatic rings. The second kappa shape index (κ2) is 7.09. The van der Waals surface area contributed by atoms with Gasteiger partial charge >= 0.3 is 5.97 Å². The summed E-state index contributed by atoms with van der Waals surface area (Å²) in [5, 5.41) is 8.47. The third-order valence-corrected chi connectivity index (χ3v) is 5.09. The summed E-state index contributed by atoms with van der Waals surface area (Å²) < 4.78 is 26.1. The summed E-state index contributed by atoms with van der Waals surface area (Å²) in [5.41, 5.74) is 0. The molecule has 0 amide bonds. The number of rotatable bonds is 7. The molecule has 0 aromatic carbocycles. The van der Waals surface area contributed by atoms with Crippen molar-refractivity contribution in [2.24, 2.45) is 5.92 Å². The first-order valence-electron chi connectivity index (χ1n) is 6.64. The lowest BCUT2D eigenvalue weighted by atomic mass is 9.85. The van der Waals surface area contributed by atoms with Crippen LogP contribution < -0.4 is 4.72 Å². The van der Waals surface area contributed by atoms with Crippen LogP contribution in [0.15, 0.2) is 0 Å². The van der Waals surface area contributed by atoms with E-state index in [1.165, 1.54) is 0 Å². The second-order valence-corrected chi connectivity index (χ2v) is 6.93. The highest BCUT2D eigenvalue weighted by Gasteiger charge is 2.23. The fraction of sp³-hybridized carbons (Fsp3) is 0.917. The molecule has 5 nitrogen and oxygen atoms in total. The molecule has 0 radical (unpaired) electrons. The smallest absolute Gasteiger partial charge is 0.303 e. The highest BCUT2D eigenvalue weighted by molar-refractivity contribution is 7.89. The van der Waals surface area contributed by atoms with Crippen LogP contribution in [0.1, 0.15) is 51.9 Å². The van der Waals surface area contributed by atoms with Gasteiger partial charge in [0.2, 0.25) is 10.0 Å². The van der Waals surface area contributed by atoms with Crippen molar-refractivity contribution in [3.8, 4) is 0 Å². The maximum absolute atomic E-state index is 11.7. The van der Waals surface area contributed by atoms with Gasteiger partial charge in [0, 0.05) is 12.5 Å². The Labute approximate surface area is 109 Å². The van der Waals surface area contributed by atoms with E-state index in [1.807, 2.05) is 0 Å². The van der Waals surface area contributed by atoms with Crippen LogP contribution in [0.3, 0.4) is 0 Å². The summed E-state index contributed by atoms with van der Waals surface area (Å²) in [6, 6.07) is 0.0441. The zero-order valence-electron chi connectivity index (χ0n) is 10.9. The Hall–Kier alpha value is -0.620. The Balaban J connectivity index is 2.30. The van der Waals surface area contributed by atoms with Crippen molar-refractivity contribution in [2.75, 3.05) is 5.75 Å². The van der Waals surface area contributed by atoms with Crippen molar-refractivity contribution < 1.29 is 18.3 Å². The Morgan fingerprint density at radius 2 is 1.89 bits per heavy atom. The lowest BCUT2D eigenvalue weighted by molar-refractivity contribution is -0.137. The van der Waals surface area contributed by atoms with Crippen LogP contribution in [-0.2, 0) is 14.8 Å². The molecule has 6 heteroatoms. The molecular formula is C12H23NO4S. The molecule has 1 saturated carbocycles. The van der Waals surface area contributed by atoms with E-state index in [2.05, 4.69) is 11.6 Å². The molecule has 2 N–H and O–H groups in total. The first-order valence-corrected chi connectivity index (χ1v) is 8.30. The molecule has 1 rings (SSSR count). The van der Waals surface area contributed by atoms with E-state index in [9.17, 15) is 13.2 Å². The molecule has 0 atom stereocenters. The van der Waals surface area contributed by atoms with Gasteiger partial charge in [-0.25, -0.2) is 13.1 Å². The average molecular weight is 277 g/mol. The van der Waals surface area contributed by atoms with Gasteiger partial charge in [0.25, 0.3) is 0 Å². The van der Waals surface area contributed by atoms with Gasteiger partial charge in [-0.2, -0.15) is 0 Å². The van der Waals surface area contributed by atoms with Gasteiger partial charge in [0.05, 0.1) is 5.75 Å². The second-order valence-electron chi connectivity index (χ2n) is 5.06. The number of carboxylic acids is 1. The number of hydrogen-bond donors (Lipinski definition) is 2. The fourth-order valence-corrected chi connectivity index (χ4v) is 3.80. The third-order valence-electron chi connectivity index (χ3n) is 3.57. The lowest BCUT2D eigenvalue weighted by Gasteiger charge is -2.28. The molecule has 0 aliphatic heterocycles. The van der Waals surface area contributed by atoms with Crippen LogP contribution >= 0.6 is 0 Å². The van der Waals surface area contributed by atoms with E-state index in [0.717, 1.165) is 38.0 Å². The summed E-state index contributed by atoms with van der Waals surface area (Å²) in [6.45, 7) is 2.17. The van der Waals surface area contributed by atoms with E-state index >= 15 is 0 Å². The summed E-state index contributed by atoms with van der Waals surface area (Å²) >= 11 is 0. The van der Waals surface area contributed by atoms with Gasteiger partial charge in [-0.1, -0.05) is 13.3 Å². The van der Waals surface area contributed by atoms with Crippen molar-refractivity contribution in [2.45, 2.75) is 57.9 Å². The van der Waals surface area contributed by atoms with Gasteiger partial charge in [-0.15, -0.1) is 0 Å². The topological polar surface area (TPSA) is 83.5 Å². The van der Waals surface area contributed by atoms with Gasteiger partial charge in [-0.05, 0) is 38.0 Å². The highest BCUT2D eigenvalue weighted by Crippen LogP contribution is 2.26. The fourth-order valence-electron chi connectivity index (χ4n) is 2.41. The molecule has 0 aromatic rings. The lowest BCUT2D eigenvalue weighted by Crippen LogP contribution is -2.38. The third kappa shape index (κ3) is 5.82. The number of carboxylic acid groups (broad SMARTS) is 1. The number of nitrogens with one attached hydrogen (secondary N) is 1. The molecule has 0 unspecified atom stereocenters. The Morgan fingerprint density at radius 3 is 2.39 bits per heavy atom. The van der Waals surface area contributed by atoms with Crippen LogP contribution in [-0.4, -0.2) is 31.3 Å². The largest absolute Gasteiger partial charge is 0.481 e. The van der Waals surface area contributed by atoms with Crippen molar-refractivity contribution in [3.05, 3.63) is 0 Å². The Kier molecular flexibility index (Phi) is 6.08. The van der Waals surface area contributed by atoms with Crippen LogP contribution in [0.5, 0.6) is 0 Å². The van der Waals surface area contributed by atoms with Gasteiger partial charge in [-0.3, -0.25) is 4.79 Å². The standard InChI is InChI=1S/C12H23NO4S/c1-2-10-5-7-11(8-6-10)13-18(16,17)9-3-4-12(14)15/h10-11,13H,2-9H2,1H3,(H,14,15). The minimum Gasteiger partial charge on any atom is -0.481 e. The minimum absolute atomic E-state index is 0.0441. The predicted octanol–water partition coefficient (Wildman–Crippen LogP) is 1.74. The molecule has 0 heterocycles. The molecule has 0 aromatic heterocycles. The van der Waals surface area contributed by atoms with Gasteiger partial charge in [0.15, 0.2) is 0 Å². The molecule has 0 spiro atoms. The molecule has 18 heavy (non-hydrogen) atoms. The SMILES string of the molecule is CCC1CCC(NS(=O)(=O)CCCC(=O)O)CC1. The summed E-state index contributed by atoms with van der Waals surface area (Å²) in [7, 11) is -3.31. The van der Waals surface area contributed by atoms with E-state index in [-0.39, 0.29) is 24.6 Å². The Morgan fingerprint density at radius 1 is 1.28 bits per heavy atom. The van der Waals surface area contributed by atoms with Crippen molar-refractivity contribution in [1.29, 1.82) is 0 Å². The van der Waals surface area contributed by atoms with Gasteiger partial charge in [0.1, 0.15) is 0 Å². The molecular weight excluding hydrogens is 254 g/mol. The molecule has 0 bridgehead atoms. The van der Waals surface area contributed by atoms with Crippen molar-refractivity contribution in [3.63, 3.8) is 0 Å². The number of sulfonamides is 1. The summed E-state index contributed by atoms with van der Waals surface area (Å²) in [4.78, 5) is 10.3. The van der Waals surface area contributed by atoms with Crippen LogP contribution in [0.25, 0.3) is 0 Å². The maximum Gasteiger partial charge on any atom is 0.303 e. The summed E-state index contributed by atoms with van der Waals surface area (Å²) in [5.74, 6) is -0.307. The van der Waals surface area contributed by atoms with E-state index in [1.54, 1.807) is 0 Å². The van der Waals surface area contributed by atoms with Crippen LogP contribution in [0.2, 0.25) is 0 Å². The van der Waals surface area contributed by atoms with E-state index in [4.69, 9.17) is 5.11 Å². The molecule has 0 saturated heterocycles. The number of hydrogen-bond acceptors (Lipinski definition) is 3.